The first-order valence-electron chi connectivity index (χ1n) is 8.23. The molecule has 26 heavy (non-hydrogen) atoms. The Morgan fingerprint density at radius 2 is 1.88 bits per heavy atom. The lowest BCUT2D eigenvalue weighted by Gasteiger charge is -2.29. The van der Waals surface area contributed by atoms with Gasteiger partial charge in [-0.2, -0.15) is 0 Å². The van der Waals surface area contributed by atoms with E-state index in [9.17, 15) is 14.4 Å². The maximum absolute atomic E-state index is 13.0. The maximum Gasteiger partial charge on any atom is 0.289 e. The fraction of sp³-hybridized carbons (Fsp3) is 0.211. The predicted molar refractivity (Wildman–Crippen MR) is 104 cm³/mol. The number of benzene rings is 2. The summed E-state index contributed by atoms with van der Waals surface area (Å²) in [6.45, 7) is 0.864. The highest BCUT2D eigenvalue weighted by Gasteiger charge is 2.30. The van der Waals surface area contributed by atoms with Gasteiger partial charge in [0.05, 0.1) is 18.0 Å². The summed E-state index contributed by atoms with van der Waals surface area (Å²) < 4.78 is 0. The first kappa shape index (κ1) is 17.2. The molecular formula is C19H16N2O3S2. The second-order valence-corrected chi connectivity index (χ2v) is 8.07. The monoisotopic (exact) mass is 384 g/mol. The molecule has 0 aliphatic carbocycles. The van der Waals surface area contributed by atoms with Crippen LogP contribution in [0.5, 0.6) is 0 Å². The number of rotatable bonds is 3. The number of hydrogen-bond donors (Lipinski definition) is 0. The molecule has 5 nitrogen and oxygen atoms in total. The summed E-state index contributed by atoms with van der Waals surface area (Å²) in [5.74, 6) is 0.808. The molecule has 3 amide bonds. The van der Waals surface area contributed by atoms with Crippen molar-refractivity contribution in [2.45, 2.75) is 11.4 Å². The van der Waals surface area contributed by atoms with Crippen LogP contribution in [0, 0.1) is 0 Å². The molecule has 2 aromatic rings. The highest BCUT2D eigenvalue weighted by Crippen LogP contribution is 2.35. The second-order valence-electron chi connectivity index (χ2n) is 6.01. The molecule has 132 valence electrons. The third-order valence-corrected chi connectivity index (χ3v) is 6.23. The molecule has 0 atom stereocenters. The number of anilines is 1. The van der Waals surface area contributed by atoms with Crippen LogP contribution < -0.4 is 4.90 Å². The van der Waals surface area contributed by atoms with Crippen LogP contribution in [0.15, 0.2) is 53.4 Å². The fourth-order valence-corrected chi connectivity index (χ4v) is 4.78. The number of fused-ring (bicyclic) bond motifs is 1. The molecule has 2 aromatic carbocycles. The van der Waals surface area contributed by atoms with Gasteiger partial charge >= 0.3 is 0 Å². The molecule has 4 rings (SSSR count). The van der Waals surface area contributed by atoms with Gasteiger partial charge in [-0.15, -0.1) is 11.8 Å². The Hall–Kier alpha value is -2.25. The average Bonchev–Trinajstić information content (AvgIpc) is 2.99. The zero-order chi connectivity index (χ0) is 18.1. The second kappa shape index (κ2) is 7.17. The lowest BCUT2D eigenvalue weighted by atomic mass is 10.1. The van der Waals surface area contributed by atoms with Crippen molar-refractivity contribution in [2.75, 3.05) is 23.0 Å². The van der Waals surface area contributed by atoms with E-state index in [4.69, 9.17) is 0 Å². The summed E-state index contributed by atoms with van der Waals surface area (Å²) in [5.41, 5.74) is 2.27. The van der Waals surface area contributed by atoms with Crippen LogP contribution in [0.1, 0.15) is 15.9 Å². The lowest BCUT2D eigenvalue weighted by Crippen LogP contribution is -2.35. The minimum atomic E-state index is -0.228. The molecule has 1 saturated heterocycles. The SMILES string of the molecule is O=C1CSC(=O)N1Cc1cccc(C(=O)N2CCSc3ccccc32)c1. The van der Waals surface area contributed by atoms with E-state index in [0.717, 1.165) is 33.7 Å². The van der Waals surface area contributed by atoms with Crippen LogP contribution in [-0.4, -0.2) is 40.0 Å². The van der Waals surface area contributed by atoms with E-state index in [1.165, 1.54) is 4.90 Å². The zero-order valence-electron chi connectivity index (χ0n) is 13.9. The molecule has 0 spiro atoms. The highest BCUT2D eigenvalue weighted by molar-refractivity contribution is 8.14. The van der Waals surface area contributed by atoms with E-state index in [1.807, 2.05) is 30.3 Å². The van der Waals surface area contributed by atoms with E-state index < -0.39 is 0 Å². The molecule has 2 aliphatic heterocycles. The van der Waals surface area contributed by atoms with Crippen molar-refractivity contribution >= 4 is 46.3 Å². The third kappa shape index (κ3) is 3.24. The molecule has 0 bridgehead atoms. The molecule has 7 heteroatoms. The molecule has 0 unspecified atom stereocenters. The summed E-state index contributed by atoms with van der Waals surface area (Å²) in [6, 6.07) is 15.1. The van der Waals surface area contributed by atoms with Crippen LogP contribution in [0.25, 0.3) is 0 Å². The molecule has 0 saturated carbocycles. The number of carbonyl (C=O) groups is 3. The fourth-order valence-electron chi connectivity index (χ4n) is 3.06. The van der Waals surface area contributed by atoms with Gasteiger partial charge in [-0.3, -0.25) is 19.3 Å². The molecule has 0 aromatic heterocycles. The number of imide groups is 1. The molecule has 2 aliphatic rings. The van der Waals surface area contributed by atoms with Gasteiger partial charge in [0.25, 0.3) is 11.1 Å². The van der Waals surface area contributed by atoms with Gasteiger partial charge in [-0.25, -0.2) is 0 Å². The van der Waals surface area contributed by atoms with Crippen molar-refractivity contribution < 1.29 is 14.4 Å². The normalized spacial score (nSPS) is 16.8. The quantitative estimate of drug-likeness (QED) is 0.809. The number of hydrogen-bond acceptors (Lipinski definition) is 5. The van der Waals surface area contributed by atoms with Gasteiger partial charge < -0.3 is 4.90 Å². The van der Waals surface area contributed by atoms with Crippen LogP contribution in [0.2, 0.25) is 0 Å². The molecule has 0 N–H and O–H groups in total. The zero-order valence-corrected chi connectivity index (χ0v) is 15.5. The van der Waals surface area contributed by atoms with Gasteiger partial charge in [0.15, 0.2) is 0 Å². The number of amides is 3. The van der Waals surface area contributed by atoms with Crippen molar-refractivity contribution in [3.8, 4) is 0 Å². The smallest absolute Gasteiger partial charge is 0.289 e. The Morgan fingerprint density at radius 3 is 2.69 bits per heavy atom. The molecule has 2 heterocycles. The summed E-state index contributed by atoms with van der Waals surface area (Å²) in [4.78, 5) is 40.8. The maximum atomic E-state index is 13.0. The van der Waals surface area contributed by atoms with Gasteiger partial charge in [0, 0.05) is 22.8 Å². The molecule has 0 radical (unpaired) electrons. The standard InChI is InChI=1S/C19H16N2O3S2/c22-17-12-26-19(24)21(17)11-13-4-3-5-14(10-13)18(23)20-8-9-25-16-7-2-1-6-15(16)20/h1-7,10H,8-9,11-12H2. The summed E-state index contributed by atoms with van der Waals surface area (Å²) in [7, 11) is 0. The van der Waals surface area contributed by atoms with Crippen molar-refractivity contribution in [3.05, 3.63) is 59.7 Å². The predicted octanol–water partition coefficient (Wildman–Crippen LogP) is 3.63. The number of nitrogens with zero attached hydrogens (tertiary/aromatic N) is 2. The van der Waals surface area contributed by atoms with E-state index in [0.29, 0.717) is 12.1 Å². The number of thioether (sulfide) groups is 2. The van der Waals surface area contributed by atoms with Crippen LogP contribution in [0.4, 0.5) is 10.5 Å². The summed E-state index contributed by atoms with van der Waals surface area (Å²) >= 11 is 2.77. The van der Waals surface area contributed by atoms with Crippen LogP contribution in [0.3, 0.4) is 0 Å². The van der Waals surface area contributed by atoms with E-state index in [1.54, 1.807) is 34.9 Å². The molecular weight excluding hydrogens is 368 g/mol. The Kier molecular flexibility index (Phi) is 4.74. The first-order valence-corrected chi connectivity index (χ1v) is 10.2. The number of para-hydroxylation sites is 1. The minimum absolute atomic E-state index is 0.0620. The number of carbonyl (C=O) groups excluding carboxylic acids is 3. The van der Waals surface area contributed by atoms with Crippen molar-refractivity contribution in [1.82, 2.24) is 4.90 Å². The highest BCUT2D eigenvalue weighted by atomic mass is 32.2. The van der Waals surface area contributed by atoms with Crippen LogP contribution >= 0.6 is 23.5 Å². The van der Waals surface area contributed by atoms with Gasteiger partial charge in [0.1, 0.15) is 0 Å². The van der Waals surface area contributed by atoms with Gasteiger partial charge in [0.2, 0.25) is 5.91 Å². The molecule has 1 fully saturated rings. The van der Waals surface area contributed by atoms with Gasteiger partial charge in [-0.1, -0.05) is 36.0 Å². The lowest BCUT2D eigenvalue weighted by molar-refractivity contribution is -0.125. The summed E-state index contributed by atoms with van der Waals surface area (Å²) in [6.07, 6.45) is 0. The Bertz CT molecular complexity index is 884. The van der Waals surface area contributed by atoms with Crippen molar-refractivity contribution in [3.63, 3.8) is 0 Å². The van der Waals surface area contributed by atoms with Crippen molar-refractivity contribution in [2.24, 2.45) is 0 Å². The topological polar surface area (TPSA) is 57.7 Å². The summed E-state index contributed by atoms with van der Waals surface area (Å²) in [5, 5.41) is -0.228. The Balaban J connectivity index is 1.58. The Morgan fingerprint density at radius 1 is 1.04 bits per heavy atom. The van der Waals surface area contributed by atoms with E-state index >= 15 is 0 Å². The first-order chi connectivity index (χ1) is 12.6. The van der Waals surface area contributed by atoms with E-state index in [-0.39, 0.29) is 29.4 Å². The van der Waals surface area contributed by atoms with Gasteiger partial charge in [-0.05, 0) is 29.8 Å². The minimum Gasteiger partial charge on any atom is -0.306 e. The Labute approximate surface area is 159 Å². The largest absolute Gasteiger partial charge is 0.306 e. The van der Waals surface area contributed by atoms with Crippen molar-refractivity contribution in [1.29, 1.82) is 0 Å². The van der Waals surface area contributed by atoms with E-state index in [2.05, 4.69) is 0 Å². The average molecular weight is 384 g/mol. The van der Waals surface area contributed by atoms with Crippen LogP contribution in [-0.2, 0) is 11.3 Å². The third-order valence-electron chi connectivity index (χ3n) is 4.33.